The lowest BCUT2D eigenvalue weighted by Gasteiger charge is -2.37. The third-order valence-corrected chi connectivity index (χ3v) is 5.32. The lowest BCUT2D eigenvalue weighted by molar-refractivity contribution is -0.125. The second-order valence-corrected chi connectivity index (χ2v) is 7.03. The number of amides is 1. The molecule has 1 aliphatic heterocycles. The standard InChI is InChI=1S/C19H19N3O2S/c23-18(20-10-11-24-15-6-2-1-3-7-15)14-12-22(13-14)19-21-16-8-4-5-9-17(16)25-19/h1-9,14H,10-13H2,(H,20,23). The monoisotopic (exact) mass is 353 g/mol. The molecule has 25 heavy (non-hydrogen) atoms. The van der Waals surface area contributed by atoms with Crippen molar-refractivity contribution in [3.05, 3.63) is 54.6 Å². The zero-order valence-electron chi connectivity index (χ0n) is 13.7. The Balaban J connectivity index is 1.21. The Morgan fingerprint density at radius 2 is 1.92 bits per heavy atom. The Morgan fingerprint density at radius 1 is 1.16 bits per heavy atom. The third kappa shape index (κ3) is 3.58. The average Bonchev–Trinajstić information content (AvgIpc) is 3.02. The van der Waals surface area contributed by atoms with E-state index in [4.69, 9.17) is 4.74 Å². The minimum atomic E-state index is 0.0312. The summed E-state index contributed by atoms with van der Waals surface area (Å²) in [5.41, 5.74) is 1.02. The van der Waals surface area contributed by atoms with Crippen molar-refractivity contribution in [1.29, 1.82) is 0 Å². The maximum absolute atomic E-state index is 12.2. The van der Waals surface area contributed by atoms with Crippen molar-refractivity contribution in [2.75, 3.05) is 31.1 Å². The first kappa shape index (κ1) is 15.9. The number of carbonyl (C=O) groups is 1. The molecule has 1 fully saturated rings. The Bertz CT molecular complexity index is 826. The molecule has 1 aliphatic rings. The Morgan fingerprint density at radius 3 is 2.72 bits per heavy atom. The fraction of sp³-hybridized carbons (Fsp3) is 0.263. The summed E-state index contributed by atoms with van der Waals surface area (Å²) in [7, 11) is 0. The summed E-state index contributed by atoms with van der Waals surface area (Å²) in [6.45, 7) is 2.45. The Kier molecular flexibility index (Phi) is 4.52. The third-order valence-electron chi connectivity index (χ3n) is 4.22. The van der Waals surface area contributed by atoms with E-state index in [1.165, 1.54) is 4.70 Å². The zero-order valence-corrected chi connectivity index (χ0v) is 14.5. The first-order valence-corrected chi connectivity index (χ1v) is 9.17. The van der Waals surface area contributed by atoms with Crippen LogP contribution in [0.4, 0.5) is 5.13 Å². The summed E-state index contributed by atoms with van der Waals surface area (Å²) >= 11 is 1.68. The van der Waals surface area contributed by atoms with Crippen LogP contribution in [0.5, 0.6) is 5.75 Å². The molecule has 1 N–H and O–H groups in total. The second-order valence-electron chi connectivity index (χ2n) is 6.02. The van der Waals surface area contributed by atoms with Gasteiger partial charge in [0, 0.05) is 13.1 Å². The number of anilines is 1. The first-order chi connectivity index (χ1) is 12.3. The lowest BCUT2D eigenvalue weighted by atomic mass is 10.0. The number of carbonyl (C=O) groups excluding carboxylic acids is 1. The Labute approximate surface area is 150 Å². The summed E-state index contributed by atoms with van der Waals surface area (Å²) in [5, 5.41) is 3.94. The second kappa shape index (κ2) is 7.11. The van der Waals surface area contributed by atoms with Crippen LogP contribution in [0.1, 0.15) is 0 Å². The molecule has 1 aromatic heterocycles. The maximum Gasteiger partial charge on any atom is 0.226 e. The van der Waals surface area contributed by atoms with Crippen molar-refractivity contribution < 1.29 is 9.53 Å². The predicted molar refractivity (Wildman–Crippen MR) is 100 cm³/mol. The maximum atomic E-state index is 12.2. The molecule has 0 radical (unpaired) electrons. The summed E-state index contributed by atoms with van der Waals surface area (Å²) in [4.78, 5) is 19.0. The van der Waals surface area contributed by atoms with Gasteiger partial charge in [0.05, 0.1) is 22.7 Å². The average molecular weight is 353 g/mol. The van der Waals surface area contributed by atoms with Gasteiger partial charge in [-0.3, -0.25) is 4.79 Å². The van der Waals surface area contributed by atoms with Crippen LogP contribution >= 0.6 is 11.3 Å². The van der Waals surface area contributed by atoms with Gasteiger partial charge in [-0.1, -0.05) is 41.7 Å². The summed E-state index contributed by atoms with van der Waals surface area (Å²) < 4.78 is 6.76. The molecule has 2 heterocycles. The van der Waals surface area contributed by atoms with Gasteiger partial charge in [0.2, 0.25) is 5.91 Å². The molecule has 128 valence electrons. The summed E-state index contributed by atoms with van der Waals surface area (Å²) in [6.07, 6.45) is 0. The van der Waals surface area contributed by atoms with E-state index >= 15 is 0 Å². The minimum absolute atomic E-state index is 0.0312. The topological polar surface area (TPSA) is 54.5 Å². The number of ether oxygens (including phenoxy) is 1. The molecule has 1 amide bonds. The van der Waals surface area contributed by atoms with Crippen molar-refractivity contribution >= 4 is 32.6 Å². The fourth-order valence-electron chi connectivity index (χ4n) is 2.80. The van der Waals surface area contributed by atoms with Gasteiger partial charge in [-0.25, -0.2) is 4.98 Å². The van der Waals surface area contributed by atoms with Crippen LogP contribution in [0, 0.1) is 5.92 Å². The van der Waals surface area contributed by atoms with Gasteiger partial charge in [-0.05, 0) is 24.3 Å². The number of rotatable bonds is 6. The predicted octanol–water partition coefficient (Wildman–Crippen LogP) is 2.93. The quantitative estimate of drug-likeness (QED) is 0.693. The van der Waals surface area contributed by atoms with E-state index in [-0.39, 0.29) is 11.8 Å². The number of thiazole rings is 1. The largest absolute Gasteiger partial charge is 0.492 e. The van der Waals surface area contributed by atoms with E-state index in [1.807, 2.05) is 48.5 Å². The molecule has 0 saturated carbocycles. The van der Waals surface area contributed by atoms with Gasteiger partial charge in [0.15, 0.2) is 5.13 Å². The number of nitrogens with zero attached hydrogens (tertiary/aromatic N) is 2. The highest BCUT2D eigenvalue weighted by molar-refractivity contribution is 7.22. The van der Waals surface area contributed by atoms with Crippen LogP contribution in [0.25, 0.3) is 10.2 Å². The van der Waals surface area contributed by atoms with Gasteiger partial charge >= 0.3 is 0 Å². The van der Waals surface area contributed by atoms with Crippen LogP contribution in [0.2, 0.25) is 0 Å². The number of para-hydroxylation sites is 2. The minimum Gasteiger partial charge on any atom is -0.492 e. The fourth-order valence-corrected chi connectivity index (χ4v) is 3.78. The van der Waals surface area contributed by atoms with E-state index in [0.29, 0.717) is 13.2 Å². The Hall–Kier alpha value is -2.60. The number of aromatic nitrogens is 1. The van der Waals surface area contributed by atoms with Gasteiger partial charge in [0.1, 0.15) is 12.4 Å². The molecular formula is C19H19N3O2S. The van der Waals surface area contributed by atoms with Crippen molar-refractivity contribution in [2.24, 2.45) is 5.92 Å². The van der Waals surface area contributed by atoms with Gasteiger partial charge in [-0.15, -0.1) is 0 Å². The van der Waals surface area contributed by atoms with E-state index in [2.05, 4.69) is 21.3 Å². The van der Waals surface area contributed by atoms with Crippen molar-refractivity contribution in [3.8, 4) is 5.75 Å². The van der Waals surface area contributed by atoms with E-state index in [9.17, 15) is 4.79 Å². The van der Waals surface area contributed by atoms with Crippen LogP contribution in [-0.4, -0.2) is 37.1 Å². The highest BCUT2D eigenvalue weighted by Crippen LogP contribution is 2.32. The first-order valence-electron chi connectivity index (χ1n) is 8.36. The molecule has 0 aliphatic carbocycles. The molecular weight excluding hydrogens is 334 g/mol. The van der Waals surface area contributed by atoms with Crippen molar-refractivity contribution in [3.63, 3.8) is 0 Å². The molecule has 6 heteroatoms. The summed E-state index contributed by atoms with van der Waals surface area (Å²) in [5.74, 6) is 0.945. The molecule has 5 nitrogen and oxygen atoms in total. The van der Waals surface area contributed by atoms with Gasteiger partial charge in [0.25, 0.3) is 0 Å². The molecule has 4 rings (SSSR count). The lowest BCUT2D eigenvalue weighted by Crippen LogP contribution is -2.54. The van der Waals surface area contributed by atoms with Crippen molar-refractivity contribution in [1.82, 2.24) is 10.3 Å². The van der Waals surface area contributed by atoms with E-state index in [1.54, 1.807) is 11.3 Å². The molecule has 3 aromatic rings. The number of benzene rings is 2. The smallest absolute Gasteiger partial charge is 0.226 e. The highest BCUT2D eigenvalue weighted by Gasteiger charge is 2.34. The number of hydrogen-bond donors (Lipinski definition) is 1. The normalized spacial score (nSPS) is 14.3. The molecule has 0 unspecified atom stereocenters. The van der Waals surface area contributed by atoms with Crippen LogP contribution < -0.4 is 15.0 Å². The zero-order chi connectivity index (χ0) is 17.1. The number of fused-ring (bicyclic) bond motifs is 1. The van der Waals surface area contributed by atoms with Gasteiger partial charge < -0.3 is 15.0 Å². The SMILES string of the molecule is O=C(NCCOc1ccccc1)C1CN(c2nc3ccccc3s2)C1. The van der Waals surface area contributed by atoms with Crippen molar-refractivity contribution in [2.45, 2.75) is 0 Å². The number of nitrogens with one attached hydrogen (secondary N) is 1. The molecule has 0 spiro atoms. The molecule has 0 bridgehead atoms. The molecule has 1 saturated heterocycles. The van der Waals surface area contributed by atoms with Crippen LogP contribution in [-0.2, 0) is 4.79 Å². The number of hydrogen-bond acceptors (Lipinski definition) is 5. The van der Waals surface area contributed by atoms with Crippen LogP contribution in [0.3, 0.4) is 0 Å². The van der Waals surface area contributed by atoms with E-state index < -0.39 is 0 Å². The van der Waals surface area contributed by atoms with E-state index in [0.717, 1.165) is 29.5 Å². The van der Waals surface area contributed by atoms with Gasteiger partial charge in [-0.2, -0.15) is 0 Å². The molecule has 2 aromatic carbocycles. The highest BCUT2D eigenvalue weighted by atomic mass is 32.1. The molecule has 0 atom stereocenters. The van der Waals surface area contributed by atoms with Crippen LogP contribution in [0.15, 0.2) is 54.6 Å². The summed E-state index contributed by atoms with van der Waals surface area (Å²) in [6, 6.07) is 17.7.